The average molecular weight is 302 g/mol. The van der Waals surface area contributed by atoms with Crippen LogP contribution >= 0.6 is 11.8 Å². The second-order valence-corrected chi connectivity index (χ2v) is 5.25. The van der Waals surface area contributed by atoms with Gasteiger partial charge in [-0.1, -0.05) is 0 Å². The predicted octanol–water partition coefficient (Wildman–Crippen LogP) is 1.58. The summed E-state index contributed by atoms with van der Waals surface area (Å²) in [6.45, 7) is 1.58. The van der Waals surface area contributed by atoms with E-state index < -0.39 is 22.3 Å². The maximum Gasteiger partial charge on any atom is 0.273 e. The van der Waals surface area contributed by atoms with Crippen molar-refractivity contribution >= 4 is 23.4 Å². The van der Waals surface area contributed by atoms with Gasteiger partial charge in [-0.2, -0.15) is 11.8 Å². The molecule has 0 bridgehead atoms. The van der Waals surface area contributed by atoms with Crippen molar-refractivity contribution in [2.24, 2.45) is 0 Å². The number of carbonyl (C=O) groups excluding carboxylic acids is 1. The Morgan fingerprint density at radius 3 is 2.70 bits per heavy atom. The van der Waals surface area contributed by atoms with Crippen LogP contribution in [0.5, 0.6) is 0 Å². The van der Waals surface area contributed by atoms with Crippen LogP contribution in [0.3, 0.4) is 0 Å². The number of non-ortho nitro benzene ring substituents is 1. The number of halogens is 1. The van der Waals surface area contributed by atoms with E-state index in [4.69, 9.17) is 5.11 Å². The third-order valence-electron chi connectivity index (χ3n) is 2.75. The number of nitro groups is 1. The number of aliphatic hydroxyl groups excluding tert-OH is 1. The second kappa shape index (κ2) is 7.20. The molecule has 110 valence electrons. The number of nitrogens with zero attached hydrogens (tertiary/aromatic N) is 1. The number of rotatable bonds is 6. The summed E-state index contributed by atoms with van der Waals surface area (Å²) in [6.07, 6.45) is 1.79. The minimum atomic E-state index is -0.847. The largest absolute Gasteiger partial charge is 0.395 e. The molecule has 0 aliphatic carbocycles. The Bertz CT molecular complexity index is 508. The number of thioether (sulfide) groups is 1. The van der Waals surface area contributed by atoms with Crippen LogP contribution in [-0.4, -0.2) is 40.1 Å². The van der Waals surface area contributed by atoms with E-state index in [-0.39, 0.29) is 23.5 Å². The molecule has 1 aromatic carbocycles. The van der Waals surface area contributed by atoms with Crippen molar-refractivity contribution in [1.82, 2.24) is 5.32 Å². The Labute approximate surface area is 119 Å². The van der Waals surface area contributed by atoms with Crippen LogP contribution in [0.25, 0.3) is 0 Å². The van der Waals surface area contributed by atoms with E-state index in [0.29, 0.717) is 0 Å². The van der Waals surface area contributed by atoms with Gasteiger partial charge in [0.15, 0.2) is 0 Å². The van der Waals surface area contributed by atoms with Gasteiger partial charge in [0, 0.05) is 22.9 Å². The Morgan fingerprint density at radius 1 is 1.55 bits per heavy atom. The summed E-state index contributed by atoms with van der Waals surface area (Å²) in [5.41, 5.74) is -0.604. The molecule has 0 aliphatic heterocycles. The number of aliphatic hydroxyl groups is 1. The second-order valence-electron chi connectivity index (χ2n) is 4.17. The van der Waals surface area contributed by atoms with Gasteiger partial charge in [-0.25, -0.2) is 4.39 Å². The maximum atomic E-state index is 13.2. The molecule has 2 unspecified atom stereocenters. The predicted molar refractivity (Wildman–Crippen MR) is 74.4 cm³/mol. The van der Waals surface area contributed by atoms with Gasteiger partial charge in [0.2, 0.25) is 0 Å². The Balaban J connectivity index is 2.90. The third-order valence-corrected chi connectivity index (χ3v) is 3.92. The van der Waals surface area contributed by atoms with Crippen LogP contribution in [0, 0.1) is 15.9 Å². The summed E-state index contributed by atoms with van der Waals surface area (Å²) in [4.78, 5) is 21.8. The van der Waals surface area contributed by atoms with E-state index in [1.54, 1.807) is 13.2 Å². The molecule has 0 radical (unpaired) electrons. The normalized spacial score (nSPS) is 13.6. The topological polar surface area (TPSA) is 92.5 Å². The third kappa shape index (κ3) is 4.17. The van der Waals surface area contributed by atoms with Crippen molar-refractivity contribution in [1.29, 1.82) is 0 Å². The fraction of sp³-hybridized carbons (Fsp3) is 0.417. The van der Waals surface area contributed by atoms with E-state index in [0.717, 1.165) is 18.2 Å². The van der Waals surface area contributed by atoms with Gasteiger partial charge < -0.3 is 10.4 Å². The number of carbonyl (C=O) groups is 1. The first-order valence-corrected chi connectivity index (χ1v) is 7.07. The molecule has 0 saturated carbocycles. The summed E-state index contributed by atoms with van der Waals surface area (Å²) >= 11 is 1.38. The molecule has 0 aromatic heterocycles. The summed E-state index contributed by atoms with van der Waals surface area (Å²) in [5.74, 6) is -1.46. The molecule has 6 nitrogen and oxygen atoms in total. The number of hydrogen-bond donors (Lipinski definition) is 2. The molecule has 2 N–H and O–H groups in total. The summed E-state index contributed by atoms with van der Waals surface area (Å²) < 4.78 is 13.2. The lowest BCUT2D eigenvalue weighted by Crippen LogP contribution is -2.41. The van der Waals surface area contributed by atoms with E-state index in [1.807, 2.05) is 0 Å². The zero-order valence-electron chi connectivity index (χ0n) is 11.0. The molecule has 0 spiro atoms. The number of nitro benzene ring substituents is 1. The van der Waals surface area contributed by atoms with Gasteiger partial charge in [-0.3, -0.25) is 14.9 Å². The monoisotopic (exact) mass is 302 g/mol. The SMILES string of the molecule is CSC(CO)C(C)NC(=O)c1cc(F)cc([N+](=O)[O-])c1. The van der Waals surface area contributed by atoms with Gasteiger partial charge >= 0.3 is 0 Å². The van der Waals surface area contributed by atoms with E-state index in [9.17, 15) is 19.3 Å². The first kappa shape index (κ1) is 16.4. The Kier molecular flexibility index (Phi) is 5.90. The van der Waals surface area contributed by atoms with Crippen LogP contribution in [0.1, 0.15) is 17.3 Å². The molecular formula is C12H15FN2O4S. The molecular weight excluding hydrogens is 287 g/mol. The molecule has 1 rings (SSSR count). The van der Waals surface area contributed by atoms with Crippen LogP contribution in [0.4, 0.5) is 10.1 Å². The number of nitrogens with one attached hydrogen (secondary N) is 1. The Hall–Kier alpha value is -1.67. The van der Waals surface area contributed by atoms with Crippen LogP contribution in [0.2, 0.25) is 0 Å². The Morgan fingerprint density at radius 2 is 2.20 bits per heavy atom. The fourth-order valence-corrected chi connectivity index (χ4v) is 2.26. The van der Waals surface area contributed by atoms with Crippen molar-refractivity contribution in [3.8, 4) is 0 Å². The summed E-state index contributed by atoms with van der Waals surface area (Å²) in [7, 11) is 0. The van der Waals surface area contributed by atoms with Crippen molar-refractivity contribution in [2.45, 2.75) is 18.2 Å². The molecule has 20 heavy (non-hydrogen) atoms. The highest BCUT2D eigenvalue weighted by atomic mass is 32.2. The lowest BCUT2D eigenvalue weighted by Gasteiger charge is -2.21. The van der Waals surface area contributed by atoms with Crippen LogP contribution < -0.4 is 5.32 Å². The number of benzene rings is 1. The quantitative estimate of drug-likeness (QED) is 0.615. The molecule has 0 heterocycles. The minimum Gasteiger partial charge on any atom is -0.395 e. The molecule has 1 aromatic rings. The molecule has 0 fully saturated rings. The number of amides is 1. The zero-order chi connectivity index (χ0) is 15.3. The molecule has 0 saturated heterocycles. The van der Waals surface area contributed by atoms with E-state index in [2.05, 4.69) is 5.32 Å². The molecule has 8 heteroatoms. The fourth-order valence-electron chi connectivity index (χ4n) is 1.63. The molecule has 2 atom stereocenters. The van der Waals surface area contributed by atoms with Crippen molar-refractivity contribution < 1.29 is 19.2 Å². The van der Waals surface area contributed by atoms with Gasteiger partial charge in [0.05, 0.1) is 17.6 Å². The number of hydrogen-bond acceptors (Lipinski definition) is 5. The van der Waals surface area contributed by atoms with Gasteiger partial charge in [0.1, 0.15) is 5.82 Å². The maximum absolute atomic E-state index is 13.2. The average Bonchev–Trinajstić information content (AvgIpc) is 2.39. The van der Waals surface area contributed by atoms with Crippen LogP contribution in [0.15, 0.2) is 18.2 Å². The molecule has 0 aliphatic rings. The van der Waals surface area contributed by atoms with Gasteiger partial charge in [-0.05, 0) is 19.2 Å². The smallest absolute Gasteiger partial charge is 0.273 e. The van der Waals surface area contributed by atoms with Crippen LogP contribution in [-0.2, 0) is 0 Å². The van der Waals surface area contributed by atoms with Crippen molar-refractivity contribution in [3.05, 3.63) is 39.7 Å². The standard InChI is InChI=1S/C12H15FN2O4S/c1-7(11(6-16)20-2)14-12(17)8-3-9(13)5-10(4-8)15(18)19/h3-5,7,11,16H,6H2,1-2H3,(H,14,17). The van der Waals surface area contributed by atoms with E-state index >= 15 is 0 Å². The lowest BCUT2D eigenvalue weighted by atomic mass is 10.1. The highest BCUT2D eigenvalue weighted by Crippen LogP contribution is 2.17. The summed E-state index contributed by atoms with van der Waals surface area (Å²) in [5, 5.41) is 22.1. The first-order chi connectivity index (χ1) is 9.38. The lowest BCUT2D eigenvalue weighted by molar-refractivity contribution is -0.385. The van der Waals surface area contributed by atoms with Crippen molar-refractivity contribution in [2.75, 3.05) is 12.9 Å². The molecule has 1 amide bonds. The summed E-state index contributed by atoms with van der Waals surface area (Å²) in [6, 6.07) is 2.34. The van der Waals surface area contributed by atoms with Gasteiger partial charge in [-0.15, -0.1) is 0 Å². The zero-order valence-corrected chi connectivity index (χ0v) is 11.8. The van der Waals surface area contributed by atoms with Gasteiger partial charge in [0.25, 0.3) is 11.6 Å². The highest BCUT2D eigenvalue weighted by molar-refractivity contribution is 7.99. The van der Waals surface area contributed by atoms with E-state index in [1.165, 1.54) is 11.8 Å². The highest BCUT2D eigenvalue weighted by Gasteiger charge is 2.20. The minimum absolute atomic E-state index is 0.119. The van der Waals surface area contributed by atoms with Crippen molar-refractivity contribution in [3.63, 3.8) is 0 Å². The first-order valence-electron chi connectivity index (χ1n) is 5.78.